The lowest BCUT2D eigenvalue weighted by atomic mass is 10.1. The number of non-ortho nitro benzene ring substituents is 1. The van der Waals surface area contributed by atoms with Crippen molar-refractivity contribution in [3.63, 3.8) is 0 Å². The van der Waals surface area contributed by atoms with E-state index in [1.54, 1.807) is 13.0 Å². The van der Waals surface area contributed by atoms with Crippen molar-refractivity contribution in [2.45, 2.75) is 19.5 Å². The Morgan fingerprint density at radius 1 is 1.17 bits per heavy atom. The standard InChI is InChI=1S/C21H24N4O5/c1-15(20(26)22-14-16-5-3-2-4-6-16)23-21(27)18-13-17(25(28)29)7-8-19(18)24-9-11-30-12-10-24/h2-8,13,15H,9-12,14H2,1H3,(H,22,26)(H,23,27). The molecule has 0 aliphatic carbocycles. The number of carbonyl (C=O) groups is 2. The number of amides is 2. The van der Waals surface area contributed by atoms with Gasteiger partial charge in [-0.3, -0.25) is 19.7 Å². The number of rotatable bonds is 7. The van der Waals surface area contributed by atoms with Gasteiger partial charge in [-0.15, -0.1) is 0 Å². The van der Waals surface area contributed by atoms with Gasteiger partial charge in [0.1, 0.15) is 6.04 Å². The van der Waals surface area contributed by atoms with E-state index in [0.717, 1.165) is 5.56 Å². The molecule has 2 aromatic rings. The van der Waals surface area contributed by atoms with E-state index in [-0.39, 0.29) is 17.2 Å². The fraction of sp³-hybridized carbons (Fsp3) is 0.333. The first kappa shape index (κ1) is 21.3. The molecule has 30 heavy (non-hydrogen) atoms. The van der Waals surface area contributed by atoms with Gasteiger partial charge in [0.15, 0.2) is 0 Å². The molecule has 0 spiro atoms. The van der Waals surface area contributed by atoms with Crippen LogP contribution in [0, 0.1) is 10.1 Å². The van der Waals surface area contributed by atoms with Gasteiger partial charge >= 0.3 is 0 Å². The minimum absolute atomic E-state index is 0.161. The van der Waals surface area contributed by atoms with Crippen molar-refractivity contribution in [2.75, 3.05) is 31.2 Å². The van der Waals surface area contributed by atoms with E-state index in [4.69, 9.17) is 4.74 Å². The van der Waals surface area contributed by atoms with E-state index >= 15 is 0 Å². The molecule has 2 N–H and O–H groups in total. The number of hydrogen-bond acceptors (Lipinski definition) is 6. The molecule has 9 heteroatoms. The third kappa shape index (κ3) is 5.32. The molecular formula is C21H24N4O5. The number of nitrogens with zero attached hydrogens (tertiary/aromatic N) is 2. The average Bonchev–Trinajstić information content (AvgIpc) is 2.78. The van der Waals surface area contributed by atoms with Gasteiger partial charge in [0.25, 0.3) is 11.6 Å². The van der Waals surface area contributed by atoms with Gasteiger partial charge in [0, 0.05) is 31.8 Å². The maximum absolute atomic E-state index is 12.9. The predicted octanol–water partition coefficient (Wildman–Crippen LogP) is 1.87. The Labute approximate surface area is 174 Å². The van der Waals surface area contributed by atoms with E-state index < -0.39 is 16.9 Å². The smallest absolute Gasteiger partial charge is 0.270 e. The van der Waals surface area contributed by atoms with E-state index in [0.29, 0.717) is 38.5 Å². The number of anilines is 1. The molecule has 1 aliphatic rings. The highest BCUT2D eigenvalue weighted by atomic mass is 16.6. The minimum Gasteiger partial charge on any atom is -0.378 e. The van der Waals surface area contributed by atoms with Crippen LogP contribution in [-0.4, -0.2) is 49.1 Å². The van der Waals surface area contributed by atoms with Crippen LogP contribution in [0.5, 0.6) is 0 Å². The van der Waals surface area contributed by atoms with Crippen LogP contribution >= 0.6 is 0 Å². The predicted molar refractivity (Wildman–Crippen MR) is 111 cm³/mol. The Hall–Kier alpha value is -3.46. The summed E-state index contributed by atoms with van der Waals surface area (Å²) in [6.07, 6.45) is 0. The van der Waals surface area contributed by atoms with E-state index in [2.05, 4.69) is 10.6 Å². The number of ether oxygens (including phenoxy) is 1. The maximum atomic E-state index is 12.9. The van der Waals surface area contributed by atoms with Gasteiger partial charge in [-0.05, 0) is 18.6 Å². The van der Waals surface area contributed by atoms with Crippen molar-refractivity contribution < 1.29 is 19.2 Å². The molecule has 1 aliphatic heterocycles. The molecule has 9 nitrogen and oxygen atoms in total. The van der Waals surface area contributed by atoms with Crippen LogP contribution in [-0.2, 0) is 16.1 Å². The molecule has 0 saturated carbocycles. The lowest BCUT2D eigenvalue weighted by Crippen LogP contribution is -2.45. The first-order valence-corrected chi connectivity index (χ1v) is 9.69. The second-order valence-corrected chi connectivity index (χ2v) is 6.96. The van der Waals surface area contributed by atoms with Crippen molar-refractivity contribution in [2.24, 2.45) is 0 Å². The summed E-state index contributed by atoms with van der Waals surface area (Å²) in [4.78, 5) is 37.9. The quantitative estimate of drug-likeness (QED) is 0.530. The van der Waals surface area contributed by atoms with E-state index in [1.165, 1.54) is 12.1 Å². The van der Waals surface area contributed by atoms with Gasteiger partial charge in [-0.2, -0.15) is 0 Å². The van der Waals surface area contributed by atoms with Crippen LogP contribution in [0.15, 0.2) is 48.5 Å². The number of nitro groups is 1. The van der Waals surface area contributed by atoms with Crippen molar-refractivity contribution in [1.29, 1.82) is 0 Å². The first-order valence-electron chi connectivity index (χ1n) is 9.69. The fourth-order valence-electron chi connectivity index (χ4n) is 3.18. The molecule has 1 heterocycles. The largest absolute Gasteiger partial charge is 0.378 e. The van der Waals surface area contributed by atoms with Gasteiger partial charge in [-0.25, -0.2) is 0 Å². The summed E-state index contributed by atoms with van der Waals surface area (Å²) in [5, 5.41) is 16.6. The monoisotopic (exact) mass is 412 g/mol. The van der Waals surface area contributed by atoms with Gasteiger partial charge in [0.05, 0.1) is 29.4 Å². The number of nitrogens with one attached hydrogen (secondary N) is 2. The van der Waals surface area contributed by atoms with E-state index in [1.807, 2.05) is 35.2 Å². The lowest BCUT2D eigenvalue weighted by Gasteiger charge is -2.30. The summed E-state index contributed by atoms with van der Waals surface area (Å²) in [6.45, 7) is 4.09. The van der Waals surface area contributed by atoms with Crippen molar-refractivity contribution in [3.8, 4) is 0 Å². The molecular weight excluding hydrogens is 388 g/mol. The SMILES string of the molecule is CC(NC(=O)c1cc([N+](=O)[O-])ccc1N1CCOCC1)C(=O)NCc1ccccc1. The zero-order chi connectivity index (χ0) is 21.5. The Bertz CT molecular complexity index is 913. The van der Waals surface area contributed by atoms with Gasteiger partial charge < -0.3 is 20.3 Å². The highest BCUT2D eigenvalue weighted by Crippen LogP contribution is 2.26. The third-order valence-electron chi connectivity index (χ3n) is 4.84. The highest BCUT2D eigenvalue weighted by molar-refractivity contribution is 6.02. The number of nitro benzene ring substituents is 1. The normalized spacial score (nSPS) is 14.6. The fourth-order valence-corrected chi connectivity index (χ4v) is 3.18. The minimum atomic E-state index is -0.807. The number of carbonyl (C=O) groups excluding carboxylic acids is 2. The Balaban J connectivity index is 1.71. The molecule has 1 saturated heterocycles. The molecule has 2 amide bonds. The van der Waals surface area contributed by atoms with Crippen LogP contribution in [0.2, 0.25) is 0 Å². The van der Waals surface area contributed by atoms with Crippen molar-refractivity contribution >= 4 is 23.2 Å². The second kappa shape index (κ2) is 9.84. The van der Waals surface area contributed by atoms with Crippen LogP contribution in [0.1, 0.15) is 22.8 Å². The molecule has 0 radical (unpaired) electrons. The summed E-state index contributed by atoms with van der Waals surface area (Å²) in [7, 11) is 0. The summed E-state index contributed by atoms with van der Waals surface area (Å²) >= 11 is 0. The van der Waals surface area contributed by atoms with Gasteiger partial charge in [0.2, 0.25) is 5.91 Å². The van der Waals surface area contributed by atoms with Crippen LogP contribution in [0.25, 0.3) is 0 Å². The number of hydrogen-bond donors (Lipinski definition) is 2. The molecule has 2 aromatic carbocycles. The van der Waals surface area contributed by atoms with Crippen molar-refractivity contribution in [3.05, 3.63) is 69.8 Å². The molecule has 1 atom stereocenters. The third-order valence-corrected chi connectivity index (χ3v) is 4.84. The second-order valence-electron chi connectivity index (χ2n) is 6.96. The Morgan fingerprint density at radius 2 is 1.87 bits per heavy atom. The van der Waals surface area contributed by atoms with Crippen molar-refractivity contribution in [1.82, 2.24) is 10.6 Å². The first-order chi connectivity index (χ1) is 14.5. The van der Waals surface area contributed by atoms with E-state index in [9.17, 15) is 19.7 Å². The Kier molecular flexibility index (Phi) is 6.97. The highest BCUT2D eigenvalue weighted by Gasteiger charge is 2.24. The Morgan fingerprint density at radius 3 is 2.53 bits per heavy atom. The van der Waals surface area contributed by atoms with Gasteiger partial charge in [-0.1, -0.05) is 30.3 Å². The number of benzene rings is 2. The summed E-state index contributed by atoms with van der Waals surface area (Å²) < 4.78 is 5.34. The molecule has 1 fully saturated rings. The molecule has 0 bridgehead atoms. The zero-order valence-electron chi connectivity index (χ0n) is 16.7. The lowest BCUT2D eigenvalue weighted by molar-refractivity contribution is -0.384. The van der Waals surface area contributed by atoms with Crippen LogP contribution in [0.4, 0.5) is 11.4 Å². The summed E-state index contributed by atoms with van der Waals surface area (Å²) in [5.74, 6) is -0.881. The average molecular weight is 412 g/mol. The molecule has 158 valence electrons. The summed E-state index contributed by atoms with van der Waals surface area (Å²) in [6, 6.07) is 12.8. The molecule has 3 rings (SSSR count). The molecule has 1 unspecified atom stereocenters. The van der Waals surface area contributed by atoms with Crippen LogP contribution in [0.3, 0.4) is 0 Å². The van der Waals surface area contributed by atoms with Crippen LogP contribution < -0.4 is 15.5 Å². The summed E-state index contributed by atoms with van der Waals surface area (Å²) in [5.41, 5.74) is 1.50. The topological polar surface area (TPSA) is 114 Å². The maximum Gasteiger partial charge on any atom is 0.270 e. The number of morpholine rings is 1. The zero-order valence-corrected chi connectivity index (χ0v) is 16.7. The molecule has 0 aromatic heterocycles.